The third-order valence-corrected chi connectivity index (χ3v) is 10.5. The Morgan fingerprint density at radius 1 is 0.513 bits per heavy atom. The summed E-state index contributed by atoms with van der Waals surface area (Å²) in [4.78, 5) is 42.2. The molecular weight excluding hydrogens is 1060 g/mol. The van der Waals surface area contributed by atoms with Gasteiger partial charge in [0.2, 0.25) is 47.0 Å². The van der Waals surface area contributed by atoms with Crippen molar-refractivity contribution in [3.8, 4) is 11.5 Å². The van der Waals surface area contributed by atoms with E-state index in [0.717, 1.165) is 0 Å². The number of halogens is 5. The maximum absolute atomic E-state index is 13.6. The largest absolute Gasteiger partial charge is 0.462 e. The molecule has 2 aromatic carbocycles. The fourth-order valence-electron chi connectivity index (χ4n) is 6.08. The molecule has 0 aliphatic carbocycles. The maximum Gasteiger partial charge on any atom is 0.337 e. The summed E-state index contributed by atoms with van der Waals surface area (Å²) in [6.07, 6.45) is -3.47. The van der Waals surface area contributed by atoms with Crippen molar-refractivity contribution in [2.24, 2.45) is 0 Å². The molecule has 1 aliphatic heterocycles. The Labute approximate surface area is 438 Å². The Bertz CT molecular complexity index is 1810. The summed E-state index contributed by atoms with van der Waals surface area (Å²) in [7, 11) is -2.09. The fourth-order valence-corrected chi connectivity index (χ4v) is 6.60. The summed E-state index contributed by atoms with van der Waals surface area (Å²) < 4.78 is 152. The summed E-state index contributed by atoms with van der Waals surface area (Å²) in [5, 5.41) is 23.1. The number of hydrogen-bond donors (Lipinski definition) is 5. The number of rotatable bonds is 47. The van der Waals surface area contributed by atoms with Gasteiger partial charge in [0.25, 0.3) is 0 Å². The number of anilines is 1. The zero-order chi connectivity index (χ0) is 55.0. The first-order chi connectivity index (χ1) is 36.9. The summed E-state index contributed by atoms with van der Waals surface area (Å²) in [5.74, 6) is -14.5. The molecule has 436 valence electrons. The number of carbonyl (C=O) groups is 2. The molecular formula is C47H71F5NO22P. The SMILES string of the molecule is O=C(COCCOCCOCCOCCOCCOCCOCCOCCOCCOCCOCCOCCOCC(=O)Oc1c(F)c(F)c(F)c(F)c1F)Nc1ccc(OC2O[C@H](CCP(O)O)C[C@H](O)[C@@H]2O)cc1. The predicted molar refractivity (Wildman–Crippen MR) is 254 cm³/mol. The summed E-state index contributed by atoms with van der Waals surface area (Å²) in [5.41, 5.74) is 0.490. The number of esters is 1. The van der Waals surface area contributed by atoms with E-state index >= 15 is 0 Å². The lowest BCUT2D eigenvalue weighted by Crippen LogP contribution is -2.51. The third-order valence-electron chi connectivity index (χ3n) is 9.85. The van der Waals surface area contributed by atoms with Crippen LogP contribution >= 0.6 is 8.38 Å². The Balaban J connectivity index is 0.947. The van der Waals surface area contributed by atoms with Gasteiger partial charge in [0, 0.05) is 18.3 Å². The van der Waals surface area contributed by atoms with Gasteiger partial charge in [0.05, 0.1) is 171 Å². The Kier molecular flexibility index (Phi) is 37.3. The molecule has 1 fully saturated rings. The predicted octanol–water partition coefficient (Wildman–Crippen LogP) is 2.04. The van der Waals surface area contributed by atoms with Crippen LogP contribution in [0.4, 0.5) is 27.6 Å². The van der Waals surface area contributed by atoms with Crippen LogP contribution in [0.15, 0.2) is 24.3 Å². The van der Waals surface area contributed by atoms with Gasteiger partial charge in [-0.3, -0.25) is 4.79 Å². The maximum atomic E-state index is 13.6. The second-order valence-corrected chi connectivity index (χ2v) is 16.9. The highest BCUT2D eigenvalue weighted by Gasteiger charge is 2.38. The standard InChI is InChI=1S/C47H71F5NO22P/c48-40-41(49)43(51)46(44(52)42(40)50)75-39(56)33-72-29-27-70-25-23-68-21-19-66-17-15-64-13-11-62-9-7-60-6-8-61-10-12-63-14-16-65-18-20-67-22-24-69-26-28-71-32-38(55)53-34-1-3-35(4-2-34)73-47-45(57)37(54)31-36(74-47)5-30-76(58)59/h1-4,36-37,45,47,54,57-59H,5-33H2,(H,53,55)/t36-,37+,45+,47?/m1/s1. The molecule has 4 atom stereocenters. The van der Waals surface area contributed by atoms with Crippen molar-refractivity contribution < 1.29 is 127 Å². The van der Waals surface area contributed by atoms with Crippen LogP contribution in [0.25, 0.3) is 0 Å². The molecule has 0 radical (unpaired) electrons. The van der Waals surface area contributed by atoms with Gasteiger partial charge in [-0.15, -0.1) is 0 Å². The lowest BCUT2D eigenvalue weighted by molar-refractivity contribution is -0.235. The second kappa shape index (κ2) is 42.5. The summed E-state index contributed by atoms with van der Waals surface area (Å²) in [6.45, 7) is 6.79. The van der Waals surface area contributed by atoms with Crippen molar-refractivity contribution in [1.82, 2.24) is 0 Å². The van der Waals surface area contributed by atoms with E-state index < -0.39 is 80.4 Å². The van der Waals surface area contributed by atoms with Gasteiger partial charge >= 0.3 is 5.97 Å². The van der Waals surface area contributed by atoms with Crippen molar-refractivity contribution in [3.05, 3.63) is 53.4 Å². The number of aliphatic hydroxyl groups is 2. The number of benzene rings is 2. The molecule has 29 heteroatoms. The minimum atomic E-state index is -2.37. The zero-order valence-corrected chi connectivity index (χ0v) is 43.0. The first-order valence-corrected chi connectivity index (χ1v) is 25.8. The van der Waals surface area contributed by atoms with Gasteiger partial charge in [-0.2, -0.15) is 8.78 Å². The van der Waals surface area contributed by atoms with Crippen LogP contribution in [0.2, 0.25) is 0 Å². The molecule has 1 saturated heterocycles. The third kappa shape index (κ3) is 30.6. The Morgan fingerprint density at radius 2 is 0.855 bits per heavy atom. The van der Waals surface area contributed by atoms with Crippen molar-refractivity contribution in [1.29, 1.82) is 0 Å². The van der Waals surface area contributed by atoms with E-state index in [1.165, 1.54) is 0 Å². The summed E-state index contributed by atoms with van der Waals surface area (Å²) >= 11 is 0. The number of carbonyl (C=O) groups excluding carboxylic acids is 2. The van der Waals surface area contributed by atoms with Crippen molar-refractivity contribution in [2.45, 2.75) is 37.4 Å². The van der Waals surface area contributed by atoms with E-state index in [0.29, 0.717) is 137 Å². The van der Waals surface area contributed by atoms with Crippen LogP contribution in [0, 0.1) is 29.1 Å². The van der Waals surface area contributed by atoms with Crippen molar-refractivity contribution in [2.75, 3.05) is 183 Å². The van der Waals surface area contributed by atoms with Gasteiger partial charge in [0.15, 0.2) is 8.38 Å². The van der Waals surface area contributed by atoms with E-state index in [2.05, 4.69) is 10.1 Å². The van der Waals surface area contributed by atoms with E-state index in [4.69, 9.17) is 80.8 Å². The molecule has 0 aromatic heterocycles. The average molecular weight is 1130 g/mol. The summed E-state index contributed by atoms with van der Waals surface area (Å²) in [6, 6.07) is 6.34. The van der Waals surface area contributed by atoms with Gasteiger partial charge in [-0.1, -0.05) is 0 Å². The molecule has 3 rings (SSSR count). The number of hydrogen-bond acceptors (Lipinski definition) is 22. The minimum absolute atomic E-state index is 0.0262. The van der Waals surface area contributed by atoms with Crippen LogP contribution in [-0.2, 0) is 75.9 Å². The van der Waals surface area contributed by atoms with Crippen LogP contribution in [0.3, 0.4) is 0 Å². The van der Waals surface area contributed by atoms with E-state index in [1.807, 2.05) is 0 Å². The Hall–Kier alpha value is -3.46. The highest BCUT2D eigenvalue weighted by Crippen LogP contribution is 2.31. The van der Waals surface area contributed by atoms with E-state index in [1.54, 1.807) is 24.3 Å². The molecule has 1 heterocycles. The van der Waals surface area contributed by atoms with Crippen LogP contribution < -0.4 is 14.8 Å². The quantitative estimate of drug-likeness (QED) is 0.0121. The van der Waals surface area contributed by atoms with E-state index in [-0.39, 0.29) is 64.7 Å². The zero-order valence-electron chi connectivity index (χ0n) is 42.1. The molecule has 5 N–H and O–H groups in total. The van der Waals surface area contributed by atoms with Gasteiger partial charge in [-0.05, 0) is 30.7 Å². The van der Waals surface area contributed by atoms with Gasteiger partial charge < -0.3 is 101 Å². The van der Waals surface area contributed by atoms with Crippen molar-refractivity contribution >= 4 is 25.9 Å². The minimum Gasteiger partial charge on any atom is -0.462 e. The molecule has 0 saturated carbocycles. The first kappa shape index (κ1) is 66.8. The van der Waals surface area contributed by atoms with E-state index in [9.17, 15) is 41.8 Å². The first-order valence-electron chi connectivity index (χ1n) is 24.3. The molecule has 1 amide bonds. The monoisotopic (exact) mass is 1130 g/mol. The molecule has 2 aromatic rings. The molecule has 1 unspecified atom stereocenters. The normalized spacial score (nSPS) is 16.7. The molecule has 23 nitrogen and oxygen atoms in total. The van der Waals surface area contributed by atoms with Crippen LogP contribution in [0.1, 0.15) is 12.8 Å². The lowest BCUT2D eigenvalue weighted by Gasteiger charge is -2.37. The van der Waals surface area contributed by atoms with Gasteiger partial charge in [-0.25, -0.2) is 18.0 Å². The number of ether oxygens (including phenoxy) is 16. The molecule has 0 spiro atoms. The average Bonchev–Trinajstić information content (AvgIpc) is 3.40. The highest BCUT2D eigenvalue weighted by molar-refractivity contribution is 7.45. The topological polar surface area (TPSA) is 275 Å². The second-order valence-electron chi connectivity index (χ2n) is 15.7. The Morgan fingerprint density at radius 3 is 1.22 bits per heavy atom. The lowest BCUT2D eigenvalue weighted by atomic mass is 10.0. The highest BCUT2D eigenvalue weighted by atomic mass is 31.2. The molecule has 76 heavy (non-hydrogen) atoms. The van der Waals surface area contributed by atoms with Gasteiger partial charge in [0.1, 0.15) is 25.1 Å². The fraction of sp³-hybridized carbons (Fsp3) is 0.702. The van der Waals surface area contributed by atoms with Crippen molar-refractivity contribution in [3.63, 3.8) is 0 Å². The smallest absolute Gasteiger partial charge is 0.337 e. The number of aliphatic hydroxyl groups excluding tert-OH is 2. The molecule has 0 bridgehead atoms. The molecule has 1 aliphatic rings. The number of nitrogens with one attached hydrogen (secondary N) is 1. The number of amides is 1. The van der Waals surface area contributed by atoms with Crippen LogP contribution in [-0.4, -0.2) is 234 Å². The van der Waals surface area contributed by atoms with Crippen LogP contribution in [0.5, 0.6) is 11.5 Å².